The number of carboxylic acids is 2. The van der Waals surface area contributed by atoms with Crippen LogP contribution in [0, 0.1) is 0 Å². The van der Waals surface area contributed by atoms with Gasteiger partial charge < -0.3 is 83.9 Å². The molecule has 0 aliphatic carbocycles. The van der Waals surface area contributed by atoms with Gasteiger partial charge in [0.05, 0.1) is 51.1 Å². The lowest BCUT2D eigenvalue weighted by Crippen LogP contribution is -2.68. The van der Waals surface area contributed by atoms with E-state index in [2.05, 4.69) is 52.2 Å². The second-order valence-corrected chi connectivity index (χ2v) is 35.7. The third-order valence-electron chi connectivity index (χ3n) is 24.1. The fraction of sp³-hybridized carbons (Fsp3) is 0.918. The molecule has 0 aromatic heterocycles. The number of amides is 2. The molecule has 8 N–H and O–H groups in total. The van der Waals surface area contributed by atoms with Crippen LogP contribution in [0.4, 0.5) is 0 Å². The fourth-order valence-electron chi connectivity index (χ4n) is 16.7. The van der Waals surface area contributed by atoms with Gasteiger partial charge in [0, 0.05) is 12.8 Å². The number of rotatable bonds is 86. The summed E-state index contributed by atoms with van der Waals surface area (Å²) >= 11 is 0. The first kappa shape index (κ1) is 114. The van der Waals surface area contributed by atoms with Crippen LogP contribution in [0.5, 0.6) is 0 Å². The molecular formula is C98H180N2O23. The number of nitrogens with one attached hydrogen (secondary N) is 2. The van der Waals surface area contributed by atoms with Crippen molar-refractivity contribution in [1.29, 1.82) is 0 Å². The van der Waals surface area contributed by atoms with Crippen LogP contribution in [0.25, 0.3) is 0 Å². The van der Waals surface area contributed by atoms with Crippen LogP contribution < -0.4 is 10.6 Å². The van der Waals surface area contributed by atoms with E-state index in [9.17, 15) is 59.4 Å². The van der Waals surface area contributed by atoms with E-state index in [-0.39, 0.29) is 25.7 Å². The van der Waals surface area contributed by atoms with Gasteiger partial charge in [0.2, 0.25) is 11.8 Å². The monoisotopic (exact) mass is 1750 g/mol. The number of ether oxygens (including phenoxy) is 9. The quantitative estimate of drug-likeness (QED) is 0.0159. The van der Waals surface area contributed by atoms with E-state index >= 15 is 9.59 Å². The minimum atomic E-state index is -1.98. The summed E-state index contributed by atoms with van der Waals surface area (Å²) in [4.78, 5) is 111. The van der Waals surface area contributed by atoms with Gasteiger partial charge in [0.25, 0.3) is 0 Å². The van der Waals surface area contributed by atoms with Crippen molar-refractivity contribution in [3.8, 4) is 0 Å². The molecule has 0 aromatic carbocycles. The topological polar surface area (TPSA) is 365 Å². The smallest absolute Gasteiger partial charge is 0.329 e. The summed E-state index contributed by atoms with van der Waals surface area (Å²) in [5, 5.41) is 72.4. The van der Waals surface area contributed by atoms with Crippen molar-refractivity contribution in [3.05, 3.63) is 0 Å². The first-order valence-corrected chi connectivity index (χ1v) is 50.3. The number of carbonyl (C=O) groups excluding carboxylic acids is 6. The van der Waals surface area contributed by atoms with Gasteiger partial charge in [-0.2, -0.15) is 0 Å². The molecule has 0 radical (unpaired) electrons. The van der Waals surface area contributed by atoms with Gasteiger partial charge in [-0.1, -0.05) is 375 Å². The molecule has 14 atom stereocenters. The number of aliphatic carboxylic acids is 2. The summed E-state index contributed by atoms with van der Waals surface area (Å²) in [5.74, 6) is -7.34. The minimum Gasteiger partial charge on any atom is -0.480 e. The van der Waals surface area contributed by atoms with Crippen molar-refractivity contribution in [2.75, 3.05) is 26.4 Å². The Morgan fingerprint density at radius 3 is 0.984 bits per heavy atom. The van der Waals surface area contributed by atoms with Crippen LogP contribution in [-0.2, 0) is 81.0 Å². The maximum Gasteiger partial charge on any atom is 0.329 e. The van der Waals surface area contributed by atoms with E-state index in [1.165, 1.54) is 109 Å². The Balaban J connectivity index is 2.83. The molecule has 0 unspecified atom stereocenters. The van der Waals surface area contributed by atoms with Crippen LogP contribution in [0.1, 0.15) is 465 Å². The van der Waals surface area contributed by atoms with Gasteiger partial charge in [-0.3, -0.25) is 28.8 Å². The first-order valence-electron chi connectivity index (χ1n) is 50.3. The number of unbranched alkanes of at least 4 members (excludes halogenated alkanes) is 50. The Bertz CT molecular complexity index is 2600. The number of esters is 4. The zero-order valence-electron chi connectivity index (χ0n) is 78.2. The van der Waals surface area contributed by atoms with Crippen LogP contribution in [0.2, 0.25) is 0 Å². The lowest BCUT2D eigenvalue weighted by molar-refractivity contribution is -0.308. The van der Waals surface area contributed by atoms with Crippen LogP contribution in [0.15, 0.2) is 0 Å². The minimum absolute atomic E-state index is 0.127. The van der Waals surface area contributed by atoms with Crippen molar-refractivity contribution in [2.24, 2.45) is 0 Å². The molecular weight excluding hydrogens is 1570 g/mol. The average molecular weight is 1750 g/mol. The zero-order valence-corrected chi connectivity index (χ0v) is 78.2. The highest BCUT2D eigenvalue weighted by molar-refractivity contribution is 5.79. The van der Waals surface area contributed by atoms with E-state index in [4.69, 9.17) is 42.6 Å². The lowest BCUT2D eigenvalue weighted by Gasteiger charge is -2.47. The SMILES string of the molecule is CCCCCCCCCCCCCC(=O)O[C@H](CCCCCCCCCCC)CC(=O)O[C@@H]1[C@@H](NC(=O)C[C@@H](CCCCCCCCCCC)OC(=O)CCCCCCCCCCC)[C@H](OC[C@H]2O[C@H](OCC(=O)O)[C@H](NC(=O)C[C@H](O)CCCCCCCCCCC)[C@@H](OC(=O)C[C@H](O)CCCCCCCCCCC)[C@@H]2O)O[C@H](CO)[C@H]1OCC(=O)O. The van der Waals surface area contributed by atoms with E-state index in [0.717, 1.165) is 212 Å². The predicted octanol–water partition coefficient (Wildman–Crippen LogP) is 20.6. The third-order valence-corrected chi connectivity index (χ3v) is 24.1. The Hall–Kier alpha value is -4.60. The number of carboxylic acid groups (broad SMARTS) is 2. The Labute approximate surface area is 743 Å². The second-order valence-electron chi connectivity index (χ2n) is 35.7. The number of aliphatic hydroxyl groups excluding tert-OH is 4. The van der Waals surface area contributed by atoms with Gasteiger partial charge in [-0.25, -0.2) is 9.59 Å². The van der Waals surface area contributed by atoms with Crippen molar-refractivity contribution < 1.29 is 112 Å². The summed E-state index contributed by atoms with van der Waals surface area (Å²) in [6, 6.07) is -3.35. The van der Waals surface area contributed by atoms with Crippen LogP contribution in [0.3, 0.4) is 0 Å². The standard InChI is InChI=1S/C98H180N2O23/c1-7-13-19-25-31-37-38-44-50-56-62-68-88(111)119-80(66-60-54-48-42-35-29-23-17-11-5)72-90(113)123-96-92(100-84(105)71-79(65-59-53-47-41-34-28-22-16-10-4)118-87(110)67-61-55-49-43-36-30-24-18-12-6)98(120-81(73-101)94(96)115-75-85(106)107)116-74-82-93(114)95(122-89(112)70-78(103)64-58-52-46-40-33-27-21-15-9-3)91(97(121-82)117-76-86(108)109)99-83(104)69-77(102)63-57-51-45-39-32-26-20-14-8-2/h77-82,91-98,101-103,114H,7-76H2,1-6H3,(H,99,104)(H,100,105)(H,106,107)(H,108,109)/t77-,78-,79-,80-,81-,82-,91-,92-,93-,94-,95-,96-,97+,98-/m1/s1. The van der Waals surface area contributed by atoms with Crippen LogP contribution in [-0.4, -0.2) is 190 Å². The molecule has 720 valence electrons. The highest BCUT2D eigenvalue weighted by Crippen LogP contribution is 2.33. The number of hydrogen-bond acceptors (Lipinski definition) is 21. The third kappa shape index (κ3) is 60.8. The van der Waals surface area contributed by atoms with Crippen molar-refractivity contribution in [3.63, 3.8) is 0 Å². The maximum absolute atomic E-state index is 15.2. The molecule has 2 rings (SSSR count). The van der Waals surface area contributed by atoms with Gasteiger partial charge in [0.1, 0.15) is 61.9 Å². The molecule has 25 heteroatoms. The molecule has 0 saturated carbocycles. The second kappa shape index (κ2) is 78.4. The molecule has 0 spiro atoms. The fourth-order valence-corrected chi connectivity index (χ4v) is 16.7. The van der Waals surface area contributed by atoms with Gasteiger partial charge in [-0.05, 0) is 51.4 Å². The molecule has 0 aromatic rings. The van der Waals surface area contributed by atoms with Crippen LogP contribution >= 0.6 is 0 Å². The van der Waals surface area contributed by atoms with E-state index < -0.39 is 185 Å². The number of aliphatic hydroxyl groups is 4. The molecule has 0 bridgehead atoms. The Kier molecular flexibility index (Phi) is 73.0. The molecule has 25 nitrogen and oxygen atoms in total. The largest absolute Gasteiger partial charge is 0.480 e. The lowest BCUT2D eigenvalue weighted by atomic mass is 9.94. The Morgan fingerprint density at radius 2 is 0.610 bits per heavy atom. The molecule has 2 aliphatic heterocycles. The van der Waals surface area contributed by atoms with Crippen molar-refractivity contribution in [2.45, 2.75) is 551 Å². The number of carbonyl (C=O) groups is 8. The summed E-state index contributed by atoms with van der Waals surface area (Å²) in [5.41, 5.74) is 0. The summed E-state index contributed by atoms with van der Waals surface area (Å²) in [7, 11) is 0. The normalized spacial score (nSPS) is 20.0. The first-order chi connectivity index (χ1) is 59.7. The molecule has 123 heavy (non-hydrogen) atoms. The van der Waals surface area contributed by atoms with E-state index in [1.54, 1.807) is 0 Å². The molecule has 2 saturated heterocycles. The average Bonchev–Trinajstić information content (AvgIpc) is 0.782. The molecule has 2 heterocycles. The molecule has 2 amide bonds. The predicted molar refractivity (Wildman–Crippen MR) is 481 cm³/mol. The van der Waals surface area contributed by atoms with Gasteiger partial charge in [0.15, 0.2) is 24.8 Å². The van der Waals surface area contributed by atoms with Gasteiger partial charge in [-0.15, -0.1) is 0 Å². The zero-order chi connectivity index (χ0) is 90.0. The summed E-state index contributed by atoms with van der Waals surface area (Å²) < 4.78 is 56.1. The van der Waals surface area contributed by atoms with E-state index in [1.807, 2.05) is 0 Å². The summed E-state index contributed by atoms with van der Waals surface area (Å²) in [6.45, 7) is 9.33. The summed E-state index contributed by atoms with van der Waals surface area (Å²) in [6.07, 6.45) is 39.0. The molecule has 2 aliphatic rings. The highest BCUT2D eigenvalue weighted by Gasteiger charge is 2.53. The maximum atomic E-state index is 15.2. The van der Waals surface area contributed by atoms with E-state index in [0.29, 0.717) is 51.4 Å². The van der Waals surface area contributed by atoms with Crippen molar-refractivity contribution in [1.82, 2.24) is 10.6 Å². The van der Waals surface area contributed by atoms with Crippen molar-refractivity contribution >= 4 is 47.6 Å². The Morgan fingerprint density at radius 1 is 0.317 bits per heavy atom. The molecule has 2 fully saturated rings. The van der Waals surface area contributed by atoms with Gasteiger partial charge >= 0.3 is 35.8 Å². The highest BCUT2D eigenvalue weighted by atomic mass is 16.7. The number of hydrogen-bond donors (Lipinski definition) is 8.